The van der Waals surface area contributed by atoms with Crippen LogP contribution in [0, 0.1) is 10.1 Å². The Hall–Kier alpha value is -1.95. The number of hydrogen-bond acceptors (Lipinski definition) is 4. The second kappa shape index (κ2) is 6.70. The zero-order valence-electron chi connectivity index (χ0n) is 10.5. The van der Waals surface area contributed by atoms with E-state index in [1.807, 2.05) is 13.8 Å². The molecule has 1 aromatic carbocycles. The lowest BCUT2D eigenvalue weighted by Crippen LogP contribution is -2.37. The minimum Gasteiger partial charge on any atom is -0.353 e. The lowest BCUT2D eigenvalue weighted by atomic mass is 10.2. The van der Waals surface area contributed by atoms with E-state index in [0.29, 0.717) is 12.1 Å². The van der Waals surface area contributed by atoms with Crippen LogP contribution in [0.3, 0.4) is 0 Å². The van der Waals surface area contributed by atoms with Crippen LogP contribution in [0.25, 0.3) is 0 Å². The molecule has 0 aromatic heterocycles. The van der Waals surface area contributed by atoms with Crippen molar-refractivity contribution in [2.24, 2.45) is 0 Å². The van der Waals surface area contributed by atoms with E-state index in [-0.39, 0.29) is 24.2 Å². The number of rotatable bonds is 6. The molecule has 0 saturated heterocycles. The van der Waals surface area contributed by atoms with Gasteiger partial charge >= 0.3 is 0 Å². The Labute approximate surface area is 106 Å². The highest BCUT2D eigenvalue weighted by Crippen LogP contribution is 2.16. The third-order valence-electron chi connectivity index (χ3n) is 2.24. The van der Waals surface area contributed by atoms with Crippen molar-refractivity contribution in [1.82, 2.24) is 10.6 Å². The monoisotopic (exact) mass is 251 g/mol. The number of carbonyl (C=O) groups is 1. The van der Waals surface area contributed by atoms with Crippen molar-refractivity contribution in [3.8, 4) is 0 Å². The highest BCUT2D eigenvalue weighted by molar-refractivity contribution is 5.78. The first kappa shape index (κ1) is 14.1. The molecule has 2 N–H and O–H groups in total. The molecule has 1 aromatic rings. The van der Waals surface area contributed by atoms with E-state index in [9.17, 15) is 14.9 Å². The predicted molar refractivity (Wildman–Crippen MR) is 68.1 cm³/mol. The number of carbonyl (C=O) groups excluding carboxylic acids is 1. The van der Waals surface area contributed by atoms with Gasteiger partial charge in [0.25, 0.3) is 5.69 Å². The molecule has 0 aliphatic heterocycles. The summed E-state index contributed by atoms with van der Waals surface area (Å²) in [7, 11) is 0. The third kappa shape index (κ3) is 4.50. The van der Waals surface area contributed by atoms with Crippen molar-refractivity contribution >= 4 is 11.6 Å². The van der Waals surface area contributed by atoms with Gasteiger partial charge in [-0.15, -0.1) is 0 Å². The van der Waals surface area contributed by atoms with Crippen LogP contribution < -0.4 is 10.6 Å². The van der Waals surface area contributed by atoms with Crippen molar-refractivity contribution in [1.29, 1.82) is 0 Å². The molecule has 0 unspecified atom stereocenters. The van der Waals surface area contributed by atoms with Gasteiger partial charge in [0.05, 0.1) is 11.5 Å². The van der Waals surface area contributed by atoms with E-state index in [1.54, 1.807) is 18.2 Å². The van der Waals surface area contributed by atoms with Gasteiger partial charge in [-0.05, 0) is 13.8 Å². The molecule has 6 heteroatoms. The van der Waals surface area contributed by atoms with Gasteiger partial charge in [0.15, 0.2) is 0 Å². The van der Waals surface area contributed by atoms with Gasteiger partial charge in [0.2, 0.25) is 5.91 Å². The van der Waals surface area contributed by atoms with E-state index in [4.69, 9.17) is 0 Å². The topological polar surface area (TPSA) is 84.3 Å². The average molecular weight is 251 g/mol. The van der Waals surface area contributed by atoms with E-state index in [1.165, 1.54) is 6.07 Å². The molecular weight excluding hydrogens is 234 g/mol. The molecule has 18 heavy (non-hydrogen) atoms. The third-order valence-corrected chi connectivity index (χ3v) is 2.24. The Bertz CT molecular complexity index is 432. The predicted octanol–water partition coefficient (Wildman–Crippen LogP) is 1.21. The number of nitrogens with zero attached hydrogens (tertiary/aromatic N) is 1. The van der Waals surface area contributed by atoms with Crippen molar-refractivity contribution < 1.29 is 9.72 Å². The number of para-hydroxylation sites is 1. The van der Waals surface area contributed by atoms with E-state index >= 15 is 0 Å². The lowest BCUT2D eigenvalue weighted by Gasteiger charge is -2.09. The van der Waals surface area contributed by atoms with E-state index in [0.717, 1.165) is 0 Å². The van der Waals surface area contributed by atoms with Gasteiger partial charge in [0, 0.05) is 24.2 Å². The van der Waals surface area contributed by atoms with Crippen LogP contribution in [-0.2, 0) is 11.3 Å². The molecule has 0 aliphatic rings. The summed E-state index contributed by atoms with van der Waals surface area (Å²) in [5.74, 6) is -0.122. The van der Waals surface area contributed by atoms with Gasteiger partial charge in [-0.1, -0.05) is 18.2 Å². The van der Waals surface area contributed by atoms with Gasteiger partial charge in [-0.3, -0.25) is 14.9 Å². The molecule has 6 nitrogen and oxygen atoms in total. The number of benzene rings is 1. The molecule has 98 valence electrons. The maximum atomic E-state index is 11.4. The zero-order chi connectivity index (χ0) is 13.5. The summed E-state index contributed by atoms with van der Waals surface area (Å²) in [6, 6.07) is 6.56. The first-order valence-corrected chi connectivity index (χ1v) is 5.73. The molecule has 0 radical (unpaired) electrons. The highest BCUT2D eigenvalue weighted by Gasteiger charge is 2.12. The Balaban J connectivity index is 2.49. The van der Waals surface area contributed by atoms with Crippen molar-refractivity contribution in [2.45, 2.75) is 26.4 Å². The number of nitro benzene ring substituents is 1. The summed E-state index contributed by atoms with van der Waals surface area (Å²) >= 11 is 0. The summed E-state index contributed by atoms with van der Waals surface area (Å²) in [6.45, 7) is 4.19. The Kier molecular flexibility index (Phi) is 5.26. The molecule has 0 saturated carbocycles. The Morgan fingerprint density at radius 1 is 1.39 bits per heavy atom. The minimum atomic E-state index is -0.425. The molecular formula is C12H17N3O3. The maximum Gasteiger partial charge on any atom is 0.273 e. The van der Waals surface area contributed by atoms with Crippen molar-refractivity contribution in [3.05, 3.63) is 39.9 Å². The van der Waals surface area contributed by atoms with Gasteiger partial charge in [-0.25, -0.2) is 0 Å². The molecule has 1 rings (SSSR count). The van der Waals surface area contributed by atoms with Crippen LogP contribution in [0.5, 0.6) is 0 Å². The average Bonchev–Trinajstić information content (AvgIpc) is 2.28. The summed E-state index contributed by atoms with van der Waals surface area (Å²) in [6.07, 6.45) is 0. The van der Waals surface area contributed by atoms with Crippen molar-refractivity contribution in [3.63, 3.8) is 0 Å². The number of nitrogens with one attached hydrogen (secondary N) is 2. The molecule has 0 bridgehead atoms. The summed E-state index contributed by atoms with van der Waals surface area (Å²) in [5, 5.41) is 16.4. The molecule has 0 fully saturated rings. The minimum absolute atomic E-state index is 0.0641. The number of nitro groups is 1. The van der Waals surface area contributed by atoms with Crippen LogP contribution in [0.15, 0.2) is 24.3 Å². The fraction of sp³-hybridized carbons (Fsp3) is 0.417. The standard InChI is InChI=1S/C12H17N3O3/c1-9(2)14-12(16)8-13-7-10-5-3-4-6-11(10)15(17)18/h3-6,9,13H,7-8H2,1-2H3,(H,14,16). The lowest BCUT2D eigenvalue weighted by molar-refractivity contribution is -0.385. The first-order valence-electron chi connectivity index (χ1n) is 5.73. The van der Waals surface area contributed by atoms with Crippen LogP contribution in [0.2, 0.25) is 0 Å². The summed E-state index contributed by atoms with van der Waals surface area (Å²) in [5.41, 5.74) is 0.633. The van der Waals surface area contributed by atoms with Gasteiger partial charge in [0.1, 0.15) is 0 Å². The highest BCUT2D eigenvalue weighted by atomic mass is 16.6. The SMILES string of the molecule is CC(C)NC(=O)CNCc1ccccc1[N+](=O)[O-]. The van der Waals surface area contributed by atoms with Crippen LogP contribution >= 0.6 is 0 Å². The summed E-state index contributed by atoms with van der Waals surface area (Å²) < 4.78 is 0. The van der Waals surface area contributed by atoms with E-state index in [2.05, 4.69) is 10.6 Å². The normalized spacial score (nSPS) is 10.4. The van der Waals surface area contributed by atoms with Gasteiger partial charge in [-0.2, -0.15) is 0 Å². The maximum absolute atomic E-state index is 11.4. The van der Waals surface area contributed by atoms with Crippen LogP contribution in [0.1, 0.15) is 19.4 Å². The summed E-state index contributed by atoms with van der Waals surface area (Å²) in [4.78, 5) is 21.7. The van der Waals surface area contributed by atoms with Crippen LogP contribution in [0.4, 0.5) is 5.69 Å². The largest absolute Gasteiger partial charge is 0.353 e. The number of amides is 1. The Morgan fingerprint density at radius 2 is 2.06 bits per heavy atom. The molecule has 0 heterocycles. The molecule has 1 amide bonds. The van der Waals surface area contributed by atoms with Crippen LogP contribution in [-0.4, -0.2) is 23.4 Å². The van der Waals surface area contributed by atoms with E-state index < -0.39 is 4.92 Å². The fourth-order valence-corrected chi connectivity index (χ4v) is 1.52. The first-order chi connectivity index (χ1) is 8.50. The second-order valence-corrected chi connectivity index (χ2v) is 4.21. The Morgan fingerprint density at radius 3 is 2.67 bits per heavy atom. The fourth-order valence-electron chi connectivity index (χ4n) is 1.52. The molecule has 0 aliphatic carbocycles. The number of hydrogen-bond donors (Lipinski definition) is 2. The molecule has 0 spiro atoms. The van der Waals surface area contributed by atoms with Crippen molar-refractivity contribution in [2.75, 3.05) is 6.54 Å². The quantitative estimate of drug-likeness (QED) is 0.588. The smallest absolute Gasteiger partial charge is 0.273 e. The second-order valence-electron chi connectivity index (χ2n) is 4.21. The molecule has 0 atom stereocenters. The zero-order valence-corrected chi connectivity index (χ0v) is 10.5. The van der Waals surface area contributed by atoms with Gasteiger partial charge < -0.3 is 10.6 Å².